The van der Waals surface area contributed by atoms with Crippen LogP contribution in [-0.4, -0.2) is 23.0 Å². The monoisotopic (exact) mass is 412 g/mol. The Morgan fingerprint density at radius 1 is 1.15 bits per heavy atom. The number of amides is 1. The van der Waals surface area contributed by atoms with Crippen molar-refractivity contribution < 1.29 is 14.7 Å². The molecule has 0 saturated heterocycles. The van der Waals surface area contributed by atoms with E-state index in [2.05, 4.69) is 10.6 Å². The summed E-state index contributed by atoms with van der Waals surface area (Å²) in [6, 6.07) is 8.83. The van der Waals surface area contributed by atoms with E-state index in [9.17, 15) is 14.7 Å². The predicted molar refractivity (Wildman–Crippen MR) is 102 cm³/mol. The summed E-state index contributed by atoms with van der Waals surface area (Å²) in [5, 5.41) is 16.4. The molecule has 1 aliphatic rings. The number of nitrogens with one attached hydrogen (secondary N) is 2. The molecule has 0 aliphatic carbocycles. The molecule has 0 fully saturated rings. The van der Waals surface area contributed by atoms with Crippen LogP contribution in [0.3, 0.4) is 0 Å². The van der Waals surface area contributed by atoms with E-state index in [0.717, 1.165) is 0 Å². The molecule has 26 heavy (non-hydrogen) atoms. The number of rotatable bonds is 4. The molecule has 0 unspecified atom stereocenters. The number of halogens is 3. The predicted octanol–water partition coefficient (Wildman–Crippen LogP) is 4.32. The maximum atomic E-state index is 12.5. The number of hydrogen-bond acceptors (Lipinski definition) is 3. The highest BCUT2D eigenvalue weighted by Crippen LogP contribution is 2.39. The van der Waals surface area contributed by atoms with E-state index >= 15 is 0 Å². The van der Waals surface area contributed by atoms with Crippen molar-refractivity contribution in [3.8, 4) is 0 Å². The van der Waals surface area contributed by atoms with Gasteiger partial charge in [0.25, 0.3) is 0 Å². The maximum Gasteiger partial charge on any atom is 0.326 e. The zero-order valence-corrected chi connectivity index (χ0v) is 15.7. The van der Waals surface area contributed by atoms with Crippen LogP contribution in [0.25, 0.3) is 0 Å². The number of carboxylic acid groups (broad SMARTS) is 1. The molecule has 3 N–H and O–H groups in total. The van der Waals surface area contributed by atoms with Crippen molar-refractivity contribution in [2.24, 2.45) is 0 Å². The lowest BCUT2D eigenvalue weighted by atomic mass is 9.92. The molecule has 1 heterocycles. The van der Waals surface area contributed by atoms with Gasteiger partial charge < -0.3 is 15.7 Å². The summed E-state index contributed by atoms with van der Waals surface area (Å²) in [6.45, 7) is 0. The Morgan fingerprint density at radius 3 is 2.58 bits per heavy atom. The first-order chi connectivity index (χ1) is 12.3. The Hall–Kier alpha value is -1.95. The van der Waals surface area contributed by atoms with Crippen LogP contribution >= 0.6 is 34.8 Å². The van der Waals surface area contributed by atoms with Gasteiger partial charge in [0.05, 0.1) is 12.5 Å². The van der Waals surface area contributed by atoms with Gasteiger partial charge >= 0.3 is 5.97 Å². The van der Waals surface area contributed by atoms with Gasteiger partial charge in [-0.2, -0.15) is 0 Å². The molecule has 2 atom stereocenters. The highest BCUT2D eigenvalue weighted by Gasteiger charge is 2.33. The average Bonchev–Trinajstić information content (AvgIpc) is 2.55. The van der Waals surface area contributed by atoms with Gasteiger partial charge in [-0.05, 0) is 23.8 Å². The summed E-state index contributed by atoms with van der Waals surface area (Å²) < 4.78 is 0. The summed E-state index contributed by atoms with van der Waals surface area (Å²) >= 11 is 18.4. The van der Waals surface area contributed by atoms with Crippen molar-refractivity contribution in [3.05, 3.63) is 62.6 Å². The number of benzene rings is 2. The molecule has 2 aromatic rings. The molecular formula is C18H15Cl3N2O3. The minimum atomic E-state index is -1.02. The van der Waals surface area contributed by atoms with Crippen molar-refractivity contribution >= 4 is 52.4 Å². The first kappa shape index (κ1) is 18.8. The summed E-state index contributed by atoms with van der Waals surface area (Å²) in [7, 11) is 0. The van der Waals surface area contributed by atoms with Gasteiger partial charge in [0.2, 0.25) is 5.91 Å². The number of hydrogen-bond donors (Lipinski definition) is 3. The van der Waals surface area contributed by atoms with E-state index in [-0.39, 0.29) is 18.7 Å². The lowest BCUT2D eigenvalue weighted by Gasteiger charge is -2.32. The topological polar surface area (TPSA) is 78.4 Å². The van der Waals surface area contributed by atoms with Crippen molar-refractivity contribution in [2.45, 2.75) is 24.9 Å². The number of aliphatic carboxylic acids is 1. The second kappa shape index (κ2) is 7.74. The number of carbonyl (C=O) groups is 2. The molecule has 2 aromatic carbocycles. The molecule has 1 aliphatic heterocycles. The van der Waals surface area contributed by atoms with Crippen molar-refractivity contribution in [1.82, 2.24) is 5.32 Å². The van der Waals surface area contributed by atoms with E-state index in [1.165, 1.54) is 0 Å². The quantitative estimate of drug-likeness (QED) is 0.698. The van der Waals surface area contributed by atoms with Gasteiger partial charge in [-0.25, -0.2) is 4.79 Å². The Kier molecular flexibility index (Phi) is 5.61. The SMILES string of the molecule is O=C(Cc1ccccc1Cl)N[C@H]1C[C@H](C(=O)O)Nc2cc(Cl)cc(Cl)c21. The molecule has 0 radical (unpaired) electrons. The van der Waals surface area contributed by atoms with Crippen LogP contribution in [0, 0.1) is 0 Å². The highest BCUT2D eigenvalue weighted by atomic mass is 35.5. The number of fused-ring (bicyclic) bond motifs is 1. The van der Waals surface area contributed by atoms with Crippen LogP contribution in [0.5, 0.6) is 0 Å². The first-order valence-electron chi connectivity index (χ1n) is 7.86. The minimum absolute atomic E-state index is 0.0852. The fraction of sp³-hybridized carbons (Fsp3) is 0.222. The summed E-state index contributed by atoms with van der Waals surface area (Å²) in [5.74, 6) is -1.29. The molecule has 3 rings (SSSR count). The van der Waals surface area contributed by atoms with Crippen LogP contribution in [0.4, 0.5) is 5.69 Å². The van der Waals surface area contributed by atoms with Gasteiger partial charge in [0.1, 0.15) is 6.04 Å². The van der Waals surface area contributed by atoms with E-state index in [1.807, 2.05) is 0 Å². The lowest BCUT2D eigenvalue weighted by Crippen LogP contribution is -2.41. The molecule has 1 amide bonds. The van der Waals surface area contributed by atoms with Gasteiger partial charge in [-0.1, -0.05) is 53.0 Å². The zero-order chi connectivity index (χ0) is 18.8. The standard InChI is InChI=1S/C18H15Cl3N2O3/c19-10-6-12(21)17-13(7-10)22-15(18(25)26)8-14(17)23-16(24)5-9-3-1-2-4-11(9)20/h1-4,6-7,14-15,22H,5,8H2,(H,23,24)(H,25,26)/t14-,15+/m0/s1. The third-order valence-corrected chi connectivity index (χ3v) is 5.09. The van der Waals surface area contributed by atoms with Crippen LogP contribution in [0.15, 0.2) is 36.4 Å². The Balaban J connectivity index is 1.85. The van der Waals surface area contributed by atoms with Crippen LogP contribution in [0.1, 0.15) is 23.6 Å². The van der Waals surface area contributed by atoms with Gasteiger partial charge in [0, 0.05) is 32.7 Å². The van der Waals surface area contributed by atoms with Crippen molar-refractivity contribution in [2.75, 3.05) is 5.32 Å². The minimum Gasteiger partial charge on any atom is -0.480 e. The Bertz CT molecular complexity index is 873. The smallest absolute Gasteiger partial charge is 0.326 e. The van der Waals surface area contributed by atoms with E-state index in [4.69, 9.17) is 34.8 Å². The number of anilines is 1. The molecule has 0 spiro atoms. The van der Waals surface area contributed by atoms with Crippen molar-refractivity contribution in [3.63, 3.8) is 0 Å². The van der Waals surface area contributed by atoms with Gasteiger partial charge in [-0.3, -0.25) is 4.79 Å². The normalized spacial score (nSPS) is 18.6. The second-order valence-corrected chi connectivity index (χ2v) is 7.26. The fourth-order valence-corrected chi connectivity index (χ4v) is 3.84. The first-order valence-corrected chi connectivity index (χ1v) is 8.99. The molecule has 136 valence electrons. The molecule has 8 heteroatoms. The lowest BCUT2D eigenvalue weighted by molar-refractivity contribution is -0.138. The average molecular weight is 414 g/mol. The van der Waals surface area contributed by atoms with E-state index in [0.29, 0.717) is 31.9 Å². The van der Waals surface area contributed by atoms with Crippen molar-refractivity contribution in [1.29, 1.82) is 0 Å². The third-order valence-electron chi connectivity index (χ3n) is 4.19. The zero-order valence-electron chi connectivity index (χ0n) is 13.4. The fourth-order valence-electron chi connectivity index (χ4n) is 3.01. The summed E-state index contributed by atoms with van der Waals surface area (Å²) in [4.78, 5) is 23.9. The number of carboxylic acids is 1. The van der Waals surface area contributed by atoms with E-state index < -0.39 is 18.1 Å². The Morgan fingerprint density at radius 2 is 1.88 bits per heavy atom. The van der Waals surface area contributed by atoms with Crippen LogP contribution in [-0.2, 0) is 16.0 Å². The molecule has 0 aromatic heterocycles. The molecular weight excluding hydrogens is 399 g/mol. The van der Waals surface area contributed by atoms with Crippen LogP contribution < -0.4 is 10.6 Å². The Labute approximate surface area is 165 Å². The molecule has 0 saturated carbocycles. The highest BCUT2D eigenvalue weighted by molar-refractivity contribution is 6.35. The molecule has 0 bridgehead atoms. The largest absolute Gasteiger partial charge is 0.480 e. The van der Waals surface area contributed by atoms with Gasteiger partial charge in [0.15, 0.2) is 0 Å². The van der Waals surface area contributed by atoms with Crippen LogP contribution in [0.2, 0.25) is 15.1 Å². The summed E-state index contributed by atoms with van der Waals surface area (Å²) in [6.07, 6.45) is 0.250. The third kappa shape index (κ3) is 4.06. The van der Waals surface area contributed by atoms with Gasteiger partial charge in [-0.15, -0.1) is 0 Å². The molecule has 5 nitrogen and oxygen atoms in total. The maximum absolute atomic E-state index is 12.5. The number of carbonyl (C=O) groups excluding carboxylic acids is 1. The summed E-state index contributed by atoms with van der Waals surface area (Å²) in [5.41, 5.74) is 1.82. The van der Waals surface area contributed by atoms with E-state index in [1.54, 1.807) is 36.4 Å². The second-order valence-electron chi connectivity index (χ2n) is 6.01.